The molecule has 0 aliphatic heterocycles. The number of hydrogen-bond acceptors (Lipinski definition) is 4. The van der Waals surface area contributed by atoms with Gasteiger partial charge in [0.1, 0.15) is 18.0 Å². The molecule has 0 bridgehead atoms. The van der Waals surface area contributed by atoms with Gasteiger partial charge in [-0.05, 0) is 38.0 Å². The standard InChI is InChI=1S/C18H26N4/c1-4-6-7-11-19-17-13-18(21-14-20-17)22(5-2)16-10-8-9-15(3)12-16/h8-10,12-14H,4-7,11H2,1-3H3,(H,19,20,21). The Hall–Kier alpha value is -2.10. The van der Waals surface area contributed by atoms with Gasteiger partial charge in [0.2, 0.25) is 0 Å². The fourth-order valence-electron chi connectivity index (χ4n) is 2.46. The monoisotopic (exact) mass is 298 g/mol. The van der Waals surface area contributed by atoms with Crippen LogP contribution in [0.4, 0.5) is 17.3 Å². The van der Waals surface area contributed by atoms with E-state index in [0.717, 1.165) is 30.4 Å². The van der Waals surface area contributed by atoms with E-state index in [1.165, 1.54) is 24.8 Å². The van der Waals surface area contributed by atoms with Crippen molar-refractivity contribution in [3.63, 3.8) is 0 Å². The number of anilines is 3. The minimum absolute atomic E-state index is 0.871. The molecule has 0 saturated carbocycles. The van der Waals surface area contributed by atoms with E-state index in [-0.39, 0.29) is 0 Å². The average Bonchev–Trinajstić information content (AvgIpc) is 2.53. The van der Waals surface area contributed by atoms with Crippen LogP contribution in [0.2, 0.25) is 0 Å². The third-order valence-corrected chi connectivity index (χ3v) is 3.65. The Morgan fingerprint density at radius 3 is 2.68 bits per heavy atom. The van der Waals surface area contributed by atoms with Crippen molar-refractivity contribution in [1.82, 2.24) is 9.97 Å². The Labute approximate surface area is 133 Å². The van der Waals surface area contributed by atoms with Crippen LogP contribution < -0.4 is 10.2 Å². The summed E-state index contributed by atoms with van der Waals surface area (Å²) in [4.78, 5) is 11.0. The van der Waals surface area contributed by atoms with Gasteiger partial charge >= 0.3 is 0 Å². The average molecular weight is 298 g/mol. The van der Waals surface area contributed by atoms with E-state index >= 15 is 0 Å². The third kappa shape index (κ3) is 4.45. The van der Waals surface area contributed by atoms with E-state index < -0.39 is 0 Å². The minimum atomic E-state index is 0.871. The van der Waals surface area contributed by atoms with Crippen LogP contribution >= 0.6 is 0 Å². The predicted octanol–water partition coefficient (Wildman–Crippen LogP) is 4.55. The first-order chi connectivity index (χ1) is 10.7. The molecule has 1 aromatic carbocycles. The summed E-state index contributed by atoms with van der Waals surface area (Å²) < 4.78 is 0. The second kappa shape index (κ2) is 8.37. The van der Waals surface area contributed by atoms with E-state index in [1.807, 2.05) is 6.07 Å². The zero-order valence-corrected chi connectivity index (χ0v) is 13.8. The Bertz CT molecular complexity index is 583. The van der Waals surface area contributed by atoms with Gasteiger partial charge in [0.15, 0.2) is 0 Å². The summed E-state index contributed by atoms with van der Waals surface area (Å²) in [5.74, 6) is 1.83. The molecule has 1 N–H and O–H groups in total. The first-order valence-corrected chi connectivity index (χ1v) is 8.14. The summed E-state index contributed by atoms with van der Waals surface area (Å²) in [6.07, 6.45) is 5.28. The lowest BCUT2D eigenvalue weighted by Crippen LogP contribution is -2.18. The van der Waals surface area contributed by atoms with Crippen LogP contribution in [0.1, 0.15) is 38.7 Å². The molecule has 0 aliphatic carbocycles. The highest BCUT2D eigenvalue weighted by Gasteiger charge is 2.09. The Morgan fingerprint density at radius 2 is 1.95 bits per heavy atom. The fourth-order valence-corrected chi connectivity index (χ4v) is 2.46. The molecule has 2 aromatic rings. The van der Waals surface area contributed by atoms with Crippen molar-refractivity contribution in [2.24, 2.45) is 0 Å². The van der Waals surface area contributed by atoms with E-state index in [4.69, 9.17) is 0 Å². The lowest BCUT2D eigenvalue weighted by atomic mass is 10.2. The molecule has 22 heavy (non-hydrogen) atoms. The number of hydrogen-bond donors (Lipinski definition) is 1. The Morgan fingerprint density at radius 1 is 1.09 bits per heavy atom. The molecular formula is C18H26N4. The van der Waals surface area contributed by atoms with Crippen molar-refractivity contribution in [2.75, 3.05) is 23.3 Å². The number of nitrogens with zero attached hydrogens (tertiary/aromatic N) is 3. The van der Waals surface area contributed by atoms with Crippen molar-refractivity contribution >= 4 is 17.3 Å². The first kappa shape index (κ1) is 16.3. The molecule has 0 fully saturated rings. The van der Waals surface area contributed by atoms with E-state index in [2.05, 4.69) is 65.2 Å². The number of aromatic nitrogens is 2. The number of aryl methyl sites for hydroxylation is 1. The summed E-state index contributed by atoms with van der Waals surface area (Å²) in [5.41, 5.74) is 2.42. The van der Waals surface area contributed by atoms with Crippen LogP contribution in [0, 0.1) is 6.92 Å². The molecule has 2 rings (SSSR count). The number of unbranched alkanes of at least 4 members (excludes halogenated alkanes) is 2. The van der Waals surface area contributed by atoms with E-state index in [1.54, 1.807) is 6.33 Å². The van der Waals surface area contributed by atoms with Gasteiger partial charge in [0.25, 0.3) is 0 Å². The van der Waals surface area contributed by atoms with Crippen LogP contribution in [0.3, 0.4) is 0 Å². The van der Waals surface area contributed by atoms with Crippen LogP contribution in [-0.4, -0.2) is 23.1 Å². The molecule has 0 aliphatic rings. The first-order valence-electron chi connectivity index (χ1n) is 8.14. The Balaban J connectivity index is 2.12. The largest absolute Gasteiger partial charge is 0.370 e. The number of rotatable bonds is 8. The molecule has 4 nitrogen and oxygen atoms in total. The predicted molar refractivity (Wildman–Crippen MR) is 93.9 cm³/mol. The van der Waals surface area contributed by atoms with Crippen LogP contribution in [0.5, 0.6) is 0 Å². The van der Waals surface area contributed by atoms with Crippen LogP contribution in [0.25, 0.3) is 0 Å². The normalized spacial score (nSPS) is 10.5. The molecule has 118 valence electrons. The van der Waals surface area contributed by atoms with E-state index in [9.17, 15) is 0 Å². The van der Waals surface area contributed by atoms with Crippen molar-refractivity contribution in [1.29, 1.82) is 0 Å². The highest BCUT2D eigenvalue weighted by atomic mass is 15.2. The van der Waals surface area contributed by atoms with Gasteiger partial charge < -0.3 is 10.2 Å². The lowest BCUT2D eigenvalue weighted by molar-refractivity contribution is 0.742. The summed E-state index contributed by atoms with van der Waals surface area (Å²) in [6.45, 7) is 8.29. The van der Waals surface area contributed by atoms with Crippen molar-refractivity contribution in [3.05, 3.63) is 42.2 Å². The highest BCUT2D eigenvalue weighted by Crippen LogP contribution is 2.25. The smallest absolute Gasteiger partial charge is 0.138 e. The maximum Gasteiger partial charge on any atom is 0.138 e. The van der Waals surface area contributed by atoms with Gasteiger partial charge in [-0.1, -0.05) is 31.9 Å². The topological polar surface area (TPSA) is 41.0 Å². The summed E-state index contributed by atoms with van der Waals surface area (Å²) in [7, 11) is 0. The van der Waals surface area contributed by atoms with Gasteiger partial charge in [-0.2, -0.15) is 0 Å². The molecule has 0 atom stereocenters. The van der Waals surface area contributed by atoms with Crippen LogP contribution in [-0.2, 0) is 0 Å². The third-order valence-electron chi connectivity index (χ3n) is 3.65. The molecule has 1 heterocycles. The second-order valence-corrected chi connectivity index (χ2v) is 5.48. The molecule has 0 unspecified atom stereocenters. The van der Waals surface area contributed by atoms with Gasteiger partial charge in [-0.25, -0.2) is 9.97 Å². The van der Waals surface area contributed by atoms with Crippen LogP contribution in [0.15, 0.2) is 36.7 Å². The maximum absolute atomic E-state index is 4.44. The summed E-state index contributed by atoms with van der Waals surface area (Å²) >= 11 is 0. The van der Waals surface area contributed by atoms with Crippen molar-refractivity contribution in [3.8, 4) is 0 Å². The molecule has 4 heteroatoms. The SMILES string of the molecule is CCCCCNc1cc(N(CC)c2cccc(C)c2)ncn1. The molecule has 0 spiro atoms. The maximum atomic E-state index is 4.44. The molecule has 0 radical (unpaired) electrons. The van der Waals surface area contributed by atoms with Crippen molar-refractivity contribution in [2.45, 2.75) is 40.0 Å². The quantitative estimate of drug-likeness (QED) is 0.726. The summed E-state index contributed by atoms with van der Waals surface area (Å²) in [5, 5.41) is 3.38. The van der Waals surface area contributed by atoms with Gasteiger partial charge in [-0.15, -0.1) is 0 Å². The lowest BCUT2D eigenvalue weighted by Gasteiger charge is -2.22. The zero-order valence-electron chi connectivity index (χ0n) is 13.8. The van der Waals surface area contributed by atoms with Gasteiger partial charge in [0, 0.05) is 24.8 Å². The highest BCUT2D eigenvalue weighted by molar-refractivity contribution is 5.62. The van der Waals surface area contributed by atoms with Crippen molar-refractivity contribution < 1.29 is 0 Å². The second-order valence-electron chi connectivity index (χ2n) is 5.48. The summed E-state index contributed by atoms with van der Waals surface area (Å²) in [6, 6.07) is 10.5. The fraction of sp³-hybridized carbons (Fsp3) is 0.444. The molecular weight excluding hydrogens is 272 g/mol. The molecule has 0 amide bonds. The minimum Gasteiger partial charge on any atom is -0.370 e. The van der Waals surface area contributed by atoms with Gasteiger partial charge in [-0.3, -0.25) is 0 Å². The van der Waals surface area contributed by atoms with E-state index in [0.29, 0.717) is 0 Å². The molecule has 0 saturated heterocycles. The van der Waals surface area contributed by atoms with Gasteiger partial charge in [0.05, 0.1) is 0 Å². The zero-order chi connectivity index (χ0) is 15.8. The Kier molecular flexibility index (Phi) is 6.19. The molecule has 1 aromatic heterocycles. The number of benzene rings is 1. The number of nitrogens with one attached hydrogen (secondary N) is 1.